The van der Waals surface area contributed by atoms with E-state index in [2.05, 4.69) is 4.98 Å². The van der Waals surface area contributed by atoms with Gasteiger partial charge in [-0.05, 0) is 53.9 Å². The molecule has 0 bridgehead atoms. The van der Waals surface area contributed by atoms with Crippen LogP contribution in [-0.2, 0) is 16.8 Å². The van der Waals surface area contributed by atoms with Crippen LogP contribution in [0, 0.1) is 0 Å². The molecule has 5 heteroatoms. The fourth-order valence-electron chi connectivity index (χ4n) is 3.60. The Bertz CT molecular complexity index is 1160. The molecule has 0 radical (unpaired) electrons. The smallest absolute Gasteiger partial charge is 0.313 e. The van der Waals surface area contributed by atoms with E-state index in [1.54, 1.807) is 20.4 Å². The molecule has 0 aliphatic carbocycles. The van der Waals surface area contributed by atoms with Crippen LogP contribution in [0.5, 0.6) is 5.75 Å². The molecule has 0 fully saturated rings. The Morgan fingerprint density at radius 2 is 1.86 bits per heavy atom. The molecule has 1 atom stereocenters. The van der Waals surface area contributed by atoms with Gasteiger partial charge in [-0.3, -0.25) is 4.79 Å². The van der Waals surface area contributed by atoms with E-state index < -0.39 is 11.4 Å². The van der Waals surface area contributed by atoms with Crippen molar-refractivity contribution in [2.24, 2.45) is 0 Å². The number of aromatic nitrogens is 2. The van der Waals surface area contributed by atoms with E-state index in [1.165, 1.54) is 0 Å². The summed E-state index contributed by atoms with van der Waals surface area (Å²) in [6, 6.07) is 19.5. The van der Waals surface area contributed by atoms with Gasteiger partial charge in [-0.2, -0.15) is 0 Å². The highest BCUT2D eigenvalue weighted by Gasteiger charge is 2.35. The van der Waals surface area contributed by atoms with Crippen LogP contribution in [0.25, 0.3) is 21.8 Å². The minimum Gasteiger partial charge on any atom is -0.497 e. The maximum Gasteiger partial charge on any atom is 0.313 e. The molecule has 0 spiro atoms. The number of aliphatic carboxylic acids is 1. The Balaban J connectivity index is 1.67. The number of rotatable bonds is 6. The van der Waals surface area contributed by atoms with Crippen molar-refractivity contribution in [3.05, 3.63) is 72.6 Å². The molecule has 0 amide bonds. The number of benzene rings is 3. The molecular weight excluding hydrogens is 352 g/mol. The summed E-state index contributed by atoms with van der Waals surface area (Å²) in [6.45, 7) is 2.36. The highest BCUT2D eigenvalue weighted by molar-refractivity contribution is 5.88. The summed E-state index contributed by atoms with van der Waals surface area (Å²) in [4.78, 5) is 16.6. The molecule has 28 heavy (non-hydrogen) atoms. The summed E-state index contributed by atoms with van der Waals surface area (Å²) in [5.74, 6) is -0.0435. The summed E-state index contributed by atoms with van der Waals surface area (Å²) in [7, 11) is 1.64. The number of hydrogen-bond donors (Lipinski definition) is 1. The molecule has 4 rings (SSSR count). The lowest BCUT2D eigenvalue weighted by Crippen LogP contribution is -2.33. The normalized spacial score (nSPS) is 13.5. The minimum absolute atomic E-state index is 0.463. The van der Waals surface area contributed by atoms with Crippen molar-refractivity contribution >= 4 is 27.8 Å². The number of aryl methyl sites for hydroxylation is 1. The number of carbonyl (C=O) groups is 1. The second-order valence-corrected chi connectivity index (χ2v) is 7.24. The fourth-order valence-corrected chi connectivity index (χ4v) is 3.60. The molecule has 5 nitrogen and oxygen atoms in total. The van der Waals surface area contributed by atoms with E-state index in [1.807, 2.05) is 65.2 Å². The zero-order chi connectivity index (χ0) is 19.7. The number of nitrogens with zero attached hydrogens (tertiary/aromatic N) is 2. The lowest BCUT2D eigenvalue weighted by molar-refractivity contribution is -0.143. The van der Waals surface area contributed by atoms with E-state index in [0.717, 1.165) is 33.1 Å². The Hall–Kier alpha value is -3.34. The fraction of sp³-hybridized carbons (Fsp3) is 0.217. The Labute approximate surface area is 163 Å². The largest absolute Gasteiger partial charge is 0.497 e. The standard InChI is InChI=1S/C23H22N2O3/c1-23(22(26)27,11-12-25-15-24-20-5-3-4-6-21(20)25)18-9-7-17-14-19(28-2)10-8-16(17)13-18/h3-10,13-15H,11-12H2,1-2H3,(H,26,27). The number of para-hydroxylation sites is 2. The maximum absolute atomic E-state index is 12.2. The zero-order valence-corrected chi connectivity index (χ0v) is 15.9. The quantitative estimate of drug-likeness (QED) is 0.534. The predicted octanol–water partition coefficient (Wildman–Crippen LogP) is 4.63. The van der Waals surface area contributed by atoms with Gasteiger partial charge in [-0.15, -0.1) is 0 Å². The van der Waals surface area contributed by atoms with Gasteiger partial charge in [-0.1, -0.05) is 36.4 Å². The van der Waals surface area contributed by atoms with Gasteiger partial charge in [0.1, 0.15) is 5.75 Å². The molecule has 0 saturated carbocycles. The van der Waals surface area contributed by atoms with Crippen LogP contribution in [0.15, 0.2) is 67.0 Å². The third kappa shape index (κ3) is 3.09. The topological polar surface area (TPSA) is 64.4 Å². The zero-order valence-electron chi connectivity index (χ0n) is 15.9. The third-order valence-electron chi connectivity index (χ3n) is 5.54. The number of fused-ring (bicyclic) bond motifs is 2. The number of carboxylic acids is 1. The third-order valence-corrected chi connectivity index (χ3v) is 5.54. The lowest BCUT2D eigenvalue weighted by atomic mass is 9.79. The van der Waals surface area contributed by atoms with Crippen molar-refractivity contribution in [3.63, 3.8) is 0 Å². The predicted molar refractivity (Wildman–Crippen MR) is 110 cm³/mol. The van der Waals surface area contributed by atoms with Crippen LogP contribution in [0.1, 0.15) is 18.9 Å². The summed E-state index contributed by atoms with van der Waals surface area (Å²) in [6.07, 6.45) is 2.24. The first-order valence-electron chi connectivity index (χ1n) is 9.23. The molecule has 0 aliphatic rings. The van der Waals surface area contributed by atoms with E-state index in [-0.39, 0.29) is 0 Å². The van der Waals surface area contributed by atoms with E-state index in [9.17, 15) is 9.90 Å². The molecule has 0 saturated heterocycles. The van der Waals surface area contributed by atoms with Crippen LogP contribution in [-0.4, -0.2) is 27.7 Å². The highest BCUT2D eigenvalue weighted by atomic mass is 16.5. The summed E-state index contributed by atoms with van der Waals surface area (Å²) >= 11 is 0. The number of hydrogen-bond acceptors (Lipinski definition) is 3. The molecule has 1 aromatic heterocycles. The van der Waals surface area contributed by atoms with Gasteiger partial charge < -0.3 is 14.4 Å². The van der Waals surface area contributed by atoms with Gasteiger partial charge in [0.15, 0.2) is 0 Å². The van der Waals surface area contributed by atoms with E-state index >= 15 is 0 Å². The van der Waals surface area contributed by atoms with Crippen molar-refractivity contribution in [2.75, 3.05) is 7.11 Å². The summed E-state index contributed by atoms with van der Waals surface area (Å²) < 4.78 is 7.29. The first-order valence-corrected chi connectivity index (χ1v) is 9.23. The molecule has 4 aromatic rings. The second kappa shape index (κ2) is 7.00. The molecule has 1 N–H and O–H groups in total. The molecule has 3 aromatic carbocycles. The van der Waals surface area contributed by atoms with E-state index in [0.29, 0.717) is 13.0 Å². The molecule has 142 valence electrons. The lowest BCUT2D eigenvalue weighted by Gasteiger charge is -2.26. The number of carboxylic acid groups (broad SMARTS) is 1. The minimum atomic E-state index is -1.00. The highest BCUT2D eigenvalue weighted by Crippen LogP contribution is 2.32. The monoisotopic (exact) mass is 374 g/mol. The Kier molecular flexibility index (Phi) is 4.51. The average Bonchev–Trinajstić information content (AvgIpc) is 3.14. The van der Waals surface area contributed by atoms with Crippen LogP contribution in [0.2, 0.25) is 0 Å². The van der Waals surface area contributed by atoms with Crippen molar-refractivity contribution in [1.29, 1.82) is 0 Å². The van der Waals surface area contributed by atoms with Crippen LogP contribution >= 0.6 is 0 Å². The molecule has 1 heterocycles. The number of imidazole rings is 1. The van der Waals surface area contributed by atoms with Crippen molar-refractivity contribution in [1.82, 2.24) is 9.55 Å². The SMILES string of the molecule is COc1ccc2cc(C(C)(CCn3cnc4ccccc43)C(=O)O)ccc2c1. The van der Waals surface area contributed by atoms with Gasteiger partial charge in [0.25, 0.3) is 0 Å². The second-order valence-electron chi connectivity index (χ2n) is 7.24. The first kappa shape index (κ1) is 18.0. The summed E-state index contributed by atoms with van der Waals surface area (Å²) in [5, 5.41) is 12.1. The molecule has 0 aliphatic heterocycles. The Morgan fingerprint density at radius 1 is 1.11 bits per heavy atom. The number of methoxy groups -OCH3 is 1. The van der Waals surface area contributed by atoms with Crippen molar-refractivity contribution in [3.8, 4) is 5.75 Å². The Morgan fingerprint density at radius 3 is 2.64 bits per heavy atom. The first-order chi connectivity index (χ1) is 13.5. The van der Waals surface area contributed by atoms with Crippen molar-refractivity contribution in [2.45, 2.75) is 25.3 Å². The summed E-state index contributed by atoms with van der Waals surface area (Å²) in [5.41, 5.74) is 1.72. The molecule has 1 unspecified atom stereocenters. The van der Waals surface area contributed by atoms with Gasteiger partial charge in [0.05, 0.1) is 29.9 Å². The van der Waals surface area contributed by atoms with Gasteiger partial charge in [0, 0.05) is 6.54 Å². The van der Waals surface area contributed by atoms with Crippen LogP contribution in [0.4, 0.5) is 0 Å². The van der Waals surface area contributed by atoms with E-state index in [4.69, 9.17) is 4.74 Å². The maximum atomic E-state index is 12.2. The van der Waals surface area contributed by atoms with Crippen molar-refractivity contribution < 1.29 is 14.6 Å². The number of ether oxygens (including phenoxy) is 1. The van der Waals surface area contributed by atoms with Gasteiger partial charge >= 0.3 is 5.97 Å². The molecular formula is C23H22N2O3. The van der Waals surface area contributed by atoms with Crippen LogP contribution in [0.3, 0.4) is 0 Å². The average molecular weight is 374 g/mol. The van der Waals surface area contributed by atoms with Gasteiger partial charge in [0.2, 0.25) is 0 Å². The van der Waals surface area contributed by atoms with Gasteiger partial charge in [-0.25, -0.2) is 4.98 Å². The van der Waals surface area contributed by atoms with Crippen LogP contribution < -0.4 is 4.74 Å².